The van der Waals surface area contributed by atoms with E-state index in [-0.39, 0.29) is 0 Å². The standard InChI is InChI=1S/C13H14ClN3O/c1-9-7-16-13(12(17-9)8-15-2)18-11-5-3-10(14)4-6-11/h3-7,15H,8H2,1-2H3. The van der Waals surface area contributed by atoms with Gasteiger partial charge in [-0.05, 0) is 38.2 Å². The highest BCUT2D eigenvalue weighted by Crippen LogP contribution is 2.23. The van der Waals surface area contributed by atoms with Gasteiger partial charge in [0.05, 0.1) is 11.9 Å². The van der Waals surface area contributed by atoms with Crippen molar-refractivity contribution in [3.63, 3.8) is 0 Å². The summed E-state index contributed by atoms with van der Waals surface area (Å²) < 4.78 is 5.70. The highest BCUT2D eigenvalue weighted by molar-refractivity contribution is 6.30. The third kappa shape index (κ3) is 3.18. The first-order valence-corrected chi connectivity index (χ1v) is 5.97. The number of hydrogen-bond donors (Lipinski definition) is 1. The van der Waals surface area contributed by atoms with Crippen LogP contribution >= 0.6 is 11.6 Å². The minimum absolute atomic E-state index is 0.511. The van der Waals surface area contributed by atoms with E-state index < -0.39 is 0 Å². The fourth-order valence-corrected chi connectivity index (χ4v) is 1.62. The van der Waals surface area contributed by atoms with Crippen molar-refractivity contribution < 1.29 is 4.74 Å². The highest BCUT2D eigenvalue weighted by Gasteiger charge is 2.08. The average Bonchev–Trinajstić information content (AvgIpc) is 2.36. The lowest BCUT2D eigenvalue weighted by Crippen LogP contribution is -2.10. The first-order chi connectivity index (χ1) is 8.69. The van der Waals surface area contributed by atoms with Crippen LogP contribution in [0.25, 0.3) is 0 Å². The molecule has 1 N–H and O–H groups in total. The Morgan fingerprint density at radius 1 is 1.28 bits per heavy atom. The Kier molecular flexibility index (Phi) is 4.12. The van der Waals surface area contributed by atoms with Crippen LogP contribution in [0.4, 0.5) is 0 Å². The van der Waals surface area contributed by atoms with E-state index in [4.69, 9.17) is 16.3 Å². The molecule has 4 nitrogen and oxygen atoms in total. The number of benzene rings is 1. The summed E-state index contributed by atoms with van der Waals surface area (Å²) in [6.07, 6.45) is 1.68. The third-order valence-corrected chi connectivity index (χ3v) is 2.55. The Labute approximate surface area is 111 Å². The van der Waals surface area contributed by atoms with Crippen molar-refractivity contribution in [1.29, 1.82) is 0 Å². The molecule has 2 rings (SSSR count). The minimum atomic E-state index is 0.511. The lowest BCUT2D eigenvalue weighted by Gasteiger charge is -2.09. The molecule has 1 heterocycles. The largest absolute Gasteiger partial charge is 0.437 e. The van der Waals surface area contributed by atoms with Gasteiger partial charge in [-0.25, -0.2) is 9.97 Å². The first-order valence-electron chi connectivity index (χ1n) is 5.59. The van der Waals surface area contributed by atoms with E-state index in [1.807, 2.05) is 14.0 Å². The molecule has 2 aromatic rings. The summed E-state index contributed by atoms with van der Waals surface area (Å²) >= 11 is 5.82. The van der Waals surface area contributed by atoms with Gasteiger partial charge >= 0.3 is 0 Å². The Bertz CT molecular complexity index is 528. The van der Waals surface area contributed by atoms with Gasteiger partial charge < -0.3 is 10.1 Å². The van der Waals surface area contributed by atoms with Crippen LogP contribution < -0.4 is 10.1 Å². The summed E-state index contributed by atoms with van der Waals surface area (Å²) in [4.78, 5) is 8.66. The molecule has 0 spiro atoms. The van der Waals surface area contributed by atoms with E-state index in [0.29, 0.717) is 23.2 Å². The topological polar surface area (TPSA) is 47.0 Å². The van der Waals surface area contributed by atoms with Gasteiger partial charge in [-0.1, -0.05) is 11.6 Å². The Morgan fingerprint density at radius 3 is 2.67 bits per heavy atom. The van der Waals surface area contributed by atoms with Crippen LogP contribution in [0.5, 0.6) is 11.6 Å². The van der Waals surface area contributed by atoms with Gasteiger partial charge in [0.1, 0.15) is 11.4 Å². The maximum atomic E-state index is 5.82. The second kappa shape index (κ2) is 5.80. The van der Waals surface area contributed by atoms with Crippen LogP contribution in [-0.2, 0) is 6.54 Å². The maximum Gasteiger partial charge on any atom is 0.242 e. The highest BCUT2D eigenvalue weighted by atomic mass is 35.5. The number of ether oxygens (including phenoxy) is 1. The third-order valence-electron chi connectivity index (χ3n) is 2.30. The molecule has 18 heavy (non-hydrogen) atoms. The van der Waals surface area contributed by atoms with E-state index in [0.717, 1.165) is 11.4 Å². The van der Waals surface area contributed by atoms with Crippen molar-refractivity contribution in [2.45, 2.75) is 13.5 Å². The van der Waals surface area contributed by atoms with Crippen LogP contribution in [-0.4, -0.2) is 17.0 Å². The van der Waals surface area contributed by atoms with Gasteiger partial charge in [0, 0.05) is 11.6 Å². The number of nitrogens with zero attached hydrogens (tertiary/aromatic N) is 2. The molecule has 0 fully saturated rings. The summed E-state index contributed by atoms with van der Waals surface area (Å²) in [5, 5.41) is 3.72. The molecule has 0 saturated carbocycles. The molecule has 0 saturated heterocycles. The molecule has 5 heteroatoms. The second-order valence-corrected chi connectivity index (χ2v) is 4.29. The average molecular weight is 264 g/mol. The molecular formula is C13H14ClN3O. The second-order valence-electron chi connectivity index (χ2n) is 3.85. The predicted octanol–water partition coefficient (Wildman–Crippen LogP) is 2.95. The molecule has 0 radical (unpaired) electrons. The molecule has 0 aliphatic carbocycles. The summed E-state index contributed by atoms with van der Waals surface area (Å²) in [6.45, 7) is 2.51. The van der Waals surface area contributed by atoms with Crippen LogP contribution in [0.2, 0.25) is 5.02 Å². The summed E-state index contributed by atoms with van der Waals surface area (Å²) in [5.41, 5.74) is 1.65. The van der Waals surface area contributed by atoms with Crippen molar-refractivity contribution >= 4 is 11.6 Å². The van der Waals surface area contributed by atoms with Crippen LogP contribution in [0.3, 0.4) is 0 Å². The number of nitrogens with one attached hydrogen (secondary N) is 1. The van der Waals surface area contributed by atoms with E-state index in [1.54, 1.807) is 30.5 Å². The Balaban J connectivity index is 2.25. The monoisotopic (exact) mass is 263 g/mol. The van der Waals surface area contributed by atoms with E-state index in [9.17, 15) is 0 Å². The quantitative estimate of drug-likeness (QED) is 0.921. The summed E-state index contributed by atoms with van der Waals surface area (Å²) in [5.74, 6) is 1.20. The number of rotatable bonds is 4. The smallest absolute Gasteiger partial charge is 0.242 e. The zero-order valence-corrected chi connectivity index (χ0v) is 11.0. The number of hydrogen-bond acceptors (Lipinski definition) is 4. The normalized spacial score (nSPS) is 10.4. The van der Waals surface area contributed by atoms with Crippen molar-refractivity contribution in [2.75, 3.05) is 7.05 Å². The van der Waals surface area contributed by atoms with E-state index in [1.165, 1.54) is 0 Å². The molecule has 94 valence electrons. The number of halogens is 1. The SMILES string of the molecule is CNCc1nc(C)cnc1Oc1ccc(Cl)cc1. The fraction of sp³-hybridized carbons (Fsp3) is 0.231. The van der Waals surface area contributed by atoms with Crippen molar-refractivity contribution in [2.24, 2.45) is 0 Å². The molecule has 0 aliphatic heterocycles. The van der Waals surface area contributed by atoms with Gasteiger partial charge in [0.25, 0.3) is 0 Å². The predicted molar refractivity (Wildman–Crippen MR) is 71.1 cm³/mol. The van der Waals surface area contributed by atoms with Gasteiger partial charge in [0.15, 0.2) is 0 Å². The molecule has 1 aromatic carbocycles. The first kappa shape index (κ1) is 12.8. The van der Waals surface area contributed by atoms with Gasteiger partial charge in [-0.15, -0.1) is 0 Å². The lowest BCUT2D eigenvalue weighted by molar-refractivity contribution is 0.449. The van der Waals surface area contributed by atoms with Gasteiger partial charge in [0.2, 0.25) is 5.88 Å². The Morgan fingerprint density at radius 2 is 2.00 bits per heavy atom. The summed E-state index contributed by atoms with van der Waals surface area (Å²) in [7, 11) is 1.86. The molecule has 0 amide bonds. The van der Waals surface area contributed by atoms with Crippen LogP contribution in [0.1, 0.15) is 11.4 Å². The molecule has 0 aliphatic rings. The van der Waals surface area contributed by atoms with Gasteiger partial charge in [-0.2, -0.15) is 0 Å². The molecular weight excluding hydrogens is 250 g/mol. The van der Waals surface area contributed by atoms with Crippen molar-refractivity contribution in [1.82, 2.24) is 15.3 Å². The zero-order valence-electron chi connectivity index (χ0n) is 10.3. The fourth-order valence-electron chi connectivity index (χ4n) is 1.50. The van der Waals surface area contributed by atoms with Crippen molar-refractivity contribution in [3.05, 3.63) is 46.9 Å². The number of aryl methyl sites for hydroxylation is 1. The summed E-state index contributed by atoms with van der Waals surface area (Å²) in [6, 6.07) is 7.15. The minimum Gasteiger partial charge on any atom is -0.437 e. The lowest BCUT2D eigenvalue weighted by atomic mass is 10.3. The molecule has 1 aromatic heterocycles. The van der Waals surface area contributed by atoms with E-state index in [2.05, 4.69) is 15.3 Å². The Hall–Kier alpha value is -1.65. The molecule has 0 atom stereocenters. The van der Waals surface area contributed by atoms with Crippen LogP contribution in [0, 0.1) is 6.92 Å². The number of aromatic nitrogens is 2. The van der Waals surface area contributed by atoms with Gasteiger partial charge in [-0.3, -0.25) is 0 Å². The van der Waals surface area contributed by atoms with Crippen LogP contribution in [0.15, 0.2) is 30.5 Å². The maximum absolute atomic E-state index is 5.82. The van der Waals surface area contributed by atoms with Crippen molar-refractivity contribution in [3.8, 4) is 11.6 Å². The molecule has 0 bridgehead atoms. The zero-order chi connectivity index (χ0) is 13.0. The molecule has 0 unspecified atom stereocenters. The van der Waals surface area contributed by atoms with E-state index >= 15 is 0 Å².